The van der Waals surface area contributed by atoms with Crippen molar-refractivity contribution in [3.63, 3.8) is 0 Å². The van der Waals surface area contributed by atoms with Crippen LogP contribution in [0.2, 0.25) is 0 Å². The fourth-order valence-corrected chi connectivity index (χ4v) is 3.79. The molecule has 0 amide bonds. The highest BCUT2D eigenvalue weighted by molar-refractivity contribution is 14.0. The van der Waals surface area contributed by atoms with E-state index in [1.165, 1.54) is 4.88 Å². The van der Waals surface area contributed by atoms with Gasteiger partial charge in [0.1, 0.15) is 5.01 Å². The van der Waals surface area contributed by atoms with Gasteiger partial charge < -0.3 is 14.8 Å². The molecule has 1 aliphatic heterocycles. The summed E-state index contributed by atoms with van der Waals surface area (Å²) in [6.45, 7) is 7.11. The second-order valence-corrected chi connectivity index (χ2v) is 7.37. The molecule has 0 saturated carbocycles. The number of aromatic nitrogens is 3. The fraction of sp³-hybridized carbons (Fsp3) is 0.562. The highest BCUT2D eigenvalue weighted by Crippen LogP contribution is 2.27. The van der Waals surface area contributed by atoms with E-state index in [2.05, 4.69) is 49.8 Å². The minimum atomic E-state index is 0. The predicted octanol–water partition coefficient (Wildman–Crippen LogP) is 2.92. The molecule has 3 rings (SSSR count). The first kappa shape index (κ1) is 19.2. The van der Waals surface area contributed by atoms with Crippen molar-refractivity contribution >= 4 is 41.3 Å². The average molecular weight is 460 g/mol. The van der Waals surface area contributed by atoms with Crippen molar-refractivity contribution in [3.8, 4) is 0 Å². The normalized spacial score (nSPS) is 21.5. The maximum Gasteiger partial charge on any atom is 0.194 e. The molecule has 6 nitrogen and oxygen atoms in total. The van der Waals surface area contributed by atoms with Gasteiger partial charge in [-0.2, -0.15) is 0 Å². The summed E-state index contributed by atoms with van der Waals surface area (Å²) in [5, 5.41) is 4.55. The number of aryl methyl sites for hydroxylation is 1. The molecule has 1 fully saturated rings. The smallest absolute Gasteiger partial charge is 0.194 e. The molecule has 1 saturated heterocycles. The zero-order chi connectivity index (χ0) is 16.2. The van der Waals surface area contributed by atoms with E-state index < -0.39 is 0 Å². The van der Waals surface area contributed by atoms with Gasteiger partial charge in [0.05, 0.1) is 18.9 Å². The minimum absolute atomic E-state index is 0. The number of aliphatic imine (C=N–C) groups is 1. The number of nitrogens with zero attached hydrogens (tertiary/aromatic N) is 5. The summed E-state index contributed by atoms with van der Waals surface area (Å²) < 4.78 is 2.22. The Hall–Kier alpha value is -1.16. The second kappa shape index (κ2) is 8.80. The molecule has 2 atom stereocenters. The van der Waals surface area contributed by atoms with Crippen molar-refractivity contribution in [1.82, 2.24) is 24.8 Å². The zero-order valence-corrected chi connectivity index (χ0v) is 17.5. The average Bonchev–Trinajstić information content (AvgIpc) is 3.21. The second-order valence-electron chi connectivity index (χ2n) is 6.05. The number of thiazole rings is 1. The van der Waals surface area contributed by atoms with Crippen molar-refractivity contribution in [2.45, 2.75) is 32.9 Å². The van der Waals surface area contributed by atoms with E-state index in [4.69, 9.17) is 0 Å². The van der Waals surface area contributed by atoms with Crippen molar-refractivity contribution in [1.29, 1.82) is 0 Å². The number of hydrogen-bond donors (Lipinski definition) is 1. The molecule has 2 aromatic rings. The van der Waals surface area contributed by atoms with Gasteiger partial charge in [-0.25, -0.2) is 9.97 Å². The monoisotopic (exact) mass is 460 g/mol. The molecule has 132 valence electrons. The largest absolute Gasteiger partial charge is 0.350 e. The summed E-state index contributed by atoms with van der Waals surface area (Å²) in [6.07, 6.45) is 8.89. The van der Waals surface area contributed by atoms with Crippen molar-refractivity contribution in [2.24, 2.45) is 10.9 Å². The standard InChI is InChI=1S/C16H24N6S.HI/c1-12-4-6-21(10-14(12)22-7-5-18-11-22)16(17-3)20-9-15-19-8-13(2)23-15;/h5,7-8,11-12,14H,4,6,9-10H2,1-3H3,(H,17,20);1H. The summed E-state index contributed by atoms with van der Waals surface area (Å²) >= 11 is 1.73. The molecule has 0 spiro atoms. The number of piperidine rings is 1. The third-order valence-electron chi connectivity index (χ3n) is 4.40. The molecular formula is C16H25IN6S. The first-order valence-electron chi connectivity index (χ1n) is 8.01. The topological polar surface area (TPSA) is 58.3 Å². The Kier molecular flexibility index (Phi) is 7.02. The maximum atomic E-state index is 4.46. The summed E-state index contributed by atoms with van der Waals surface area (Å²) in [6, 6.07) is 0.437. The highest BCUT2D eigenvalue weighted by Gasteiger charge is 2.28. The minimum Gasteiger partial charge on any atom is -0.350 e. The van der Waals surface area contributed by atoms with Crippen LogP contribution in [0.15, 0.2) is 29.9 Å². The lowest BCUT2D eigenvalue weighted by Gasteiger charge is -2.39. The number of imidazole rings is 1. The molecule has 0 aliphatic carbocycles. The van der Waals surface area contributed by atoms with E-state index in [0.29, 0.717) is 12.0 Å². The molecule has 1 N–H and O–H groups in total. The van der Waals surface area contributed by atoms with Gasteiger partial charge >= 0.3 is 0 Å². The van der Waals surface area contributed by atoms with Gasteiger partial charge in [0.25, 0.3) is 0 Å². The Morgan fingerprint density at radius 1 is 1.50 bits per heavy atom. The molecule has 8 heteroatoms. The number of guanidine groups is 1. The van der Waals surface area contributed by atoms with E-state index in [0.717, 1.165) is 37.0 Å². The lowest BCUT2D eigenvalue weighted by atomic mass is 9.93. The van der Waals surface area contributed by atoms with Crippen molar-refractivity contribution < 1.29 is 0 Å². The number of halogens is 1. The Morgan fingerprint density at radius 3 is 2.96 bits per heavy atom. The van der Waals surface area contributed by atoms with Crippen molar-refractivity contribution in [3.05, 3.63) is 34.8 Å². The summed E-state index contributed by atoms with van der Waals surface area (Å²) in [7, 11) is 1.85. The first-order chi connectivity index (χ1) is 11.2. The van der Waals surface area contributed by atoms with Gasteiger partial charge in [-0.3, -0.25) is 4.99 Å². The van der Waals surface area contributed by atoms with E-state index >= 15 is 0 Å². The molecule has 0 radical (unpaired) electrons. The maximum absolute atomic E-state index is 4.46. The van der Waals surface area contributed by atoms with E-state index in [1.807, 2.05) is 25.8 Å². The molecule has 3 heterocycles. The van der Waals surface area contributed by atoms with Crippen LogP contribution in [0.4, 0.5) is 0 Å². The molecule has 0 bridgehead atoms. The molecule has 24 heavy (non-hydrogen) atoms. The lowest BCUT2D eigenvalue weighted by molar-refractivity contribution is 0.189. The van der Waals surface area contributed by atoms with Crippen LogP contribution >= 0.6 is 35.3 Å². The van der Waals surface area contributed by atoms with Gasteiger partial charge in [-0.15, -0.1) is 35.3 Å². The first-order valence-corrected chi connectivity index (χ1v) is 8.83. The number of likely N-dealkylation sites (tertiary alicyclic amines) is 1. The Bertz CT molecular complexity index is 653. The van der Waals surface area contributed by atoms with Gasteiger partial charge in [-0.05, 0) is 19.3 Å². The van der Waals surface area contributed by atoms with Gasteiger partial charge in [0.15, 0.2) is 5.96 Å². The molecule has 2 unspecified atom stereocenters. The van der Waals surface area contributed by atoms with E-state index in [1.54, 1.807) is 11.3 Å². The van der Waals surface area contributed by atoms with Crippen molar-refractivity contribution in [2.75, 3.05) is 20.1 Å². The molecular weight excluding hydrogens is 435 g/mol. The number of rotatable bonds is 3. The number of hydrogen-bond acceptors (Lipinski definition) is 4. The van der Waals surface area contributed by atoms with Gasteiger partial charge in [0, 0.05) is 43.6 Å². The van der Waals surface area contributed by atoms with Crippen LogP contribution in [-0.4, -0.2) is 45.5 Å². The Balaban J connectivity index is 0.00000208. The molecule has 1 aliphatic rings. The third kappa shape index (κ3) is 4.47. The van der Waals surface area contributed by atoms with Crippen LogP contribution in [0.5, 0.6) is 0 Å². The quantitative estimate of drug-likeness (QED) is 0.435. The van der Waals surface area contributed by atoms with Crippen LogP contribution in [0, 0.1) is 12.8 Å². The van der Waals surface area contributed by atoms with Crippen LogP contribution in [-0.2, 0) is 6.54 Å². The van der Waals surface area contributed by atoms with E-state index in [9.17, 15) is 0 Å². The third-order valence-corrected chi connectivity index (χ3v) is 5.32. The highest BCUT2D eigenvalue weighted by atomic mass is 127. The fourth-order valence-electron chi connectivity index (χ4n) is 3.07. The van der Waals surface area contributed by atoms with Crippen LogP contribution in [0.25, 0.3) is 0 Å². The van der Waals surface area contributed by atoms with E-state index in [-0.39, 0.29) is 24.0 Å². The summed E-state index contributed by atoms with van der Waals surface area (Å²) in [5.41, 5.74) is 0. The molecule has 0 aromatic carbocycles. The SMILES string of the molecule is CN=C(NCc1ncc(C)s1)N1CCC(C)C(n2ccnc2)C1.I. The summed E-state index contributed by atoms with van der Waals surface area (Å²) in [4.78, 5) is 16.6. The Morgan fingerprint density at radius 2 is 2.33 bits per heavy atom. The van der Waals surface area contributed by atoms with Crippen LogP contribution < -0.4 is 5.32 Å². The van der Waals surface area contributed by atoms with Gasteiger partial charge in [-0.1, -0.05) is 6.92 Å². The van der Waals surface area contributed by atoms with Crippen LogP contribution in [0.1, 0.15) is 29.3 Å². The van der Waals surface area contributed by atoms with Crippen LogP contribution in [0.3, 0.4) is 0 Å². The lowest BCUT2D eigenvalue weighted by Crippen LogP contribution is -2.48. The Labute approximate surface area is 164 Å². The predicted molar refractivity (Wildman–Crippen MR) is 109 cm³/mol. The zero-order valence-electron chi connectivity index (χ0n) is 14.3. The molecule has 2 aromatic heterocycles. The summed E-state index contributed by atoms with van der Waals surface area (Å²) in [5.74, 6) is 1.59. The van der Waals surface area contributed by atoms with Gasteiger partial charge in [0.2, 0.25) is 0 Å². The number of nitrogens with one attached hydrogen (secondary N) is 1.